The summed E-state index contributed by atoms with van der Waals surface area (Å²) in [5.41, 5.74) is 0. The van der Waals surface area contributed by atoms with E-state index in [1.54, 1.807) is 18.3 Å². The molecule has 1 heterocycles. The summed E-state index contributed by atoms with van der Waals surface area (Å²) in [6, 6.07) is 3.86. The van der Waals surface area contributed by atoms with Crippen LogP contribution in [-0.4, -0.2) is 21.9 Å². The maximum Gasteiger partial charge on any atom is 0.235 e. The number of amides is 1. The Balaban J connectivity index is 2.49. The Labute approximate surface area is 117 Å². The highest BCUT2D eigenvalue weighted by molar-refractivity contribution is 9.11. The summed E-state index contributed by atoms with van der Waals surface area (Å²) in [7, 11) is -1.16. The first kappa shape index (κ1) is 14.9. The number of rotatable bonds is 6. The molecule has 96 valence electrons. The summed E-state index contributed by atoms with van der Waals surface area (Å²) in [6.45, 7) is 4.35. The van der Waals surface area contributed by atoms with E-state index >= 15 is 0 Å². The molecule has 1 N–H and O–H groups in total. The lowest BCUT2D eigenvalue weighted by molar-refractivity contribution is -0.120. The average molecular weight is 338 g/mol. The number of hydrogen-bond donors (Lipinski definition) is 1. The van der Waals surface area contributed by atoms with Crippen LogP contribution in [0.4, 0.5) is 0 Å². The van der Waals surface area contributed by atoms with Gasteiger partial charge in [0.05, 0.1) is 9.54 Å². The van der Waals surface area contributed by atoms with Gasteiger partial charge in [-0.2, -0.15) is 0 Å². The molecule has 1 aromatic heterocycles. The van der Waals surface area contributed by atoms with Crippen LogP contribution in [0.25, 0.3) is 0 Å². The van der Waals surface area contributed by atoms with Gasteiger partial charge >= 0.3 is 0 Å². The third kappa shape index (κ3) is 4.89. The van der Waals surface area contributed by atoms with E-state index < -0.39 is 16.0 Å². The predicted molar refractivity (Wildman–Crippen MR) is 76.6 cm³/mol. The second-order valence-corrected chi connectivity index (χ2v) is 7.97. The minimum absolute atomic E-state index is 0.124. The highest BCUT2D eigenvalue weighted by Gasteiger charge is 2.20. The zero-order valence-electron chi connectivity index (χ0n) is 9.86. The first-order chi connectivity index (χ1) is 8.04. The highest BCUT2D eigenvalue weighted by atomic mass is 79.9. The molecule has 0 bridgehead atoms. The fourth-order valence-electron chi connectivity index (χ4n) is 1.21. The predicted octanol–water partition coefficient (Wildman–Crippen LogP) is 2.67. The molecule has 0 aliphatic carbocycles. The molecule has 0 radical (unpaired) electrons. The van der Waals surface area contributed by atoms with Crippen molar-refractivity contribution in [1.29, 1.82) is 0 Å². The first-order valence-corrected chi connectivity index (χ1v) is 8.42. The van der Waals surface area contributed by atoms with Gasteiger partial charge in [-0.1, -0.05) is 6.92 Å². The average Bonchev–Trinajstić information content (AvgIpc) is 2.70. The molecule has 0 fully saturated rings. The van der Waals surface area contributed by atoms with Gasteiger partial charge < -0.3 is 5.32 Å². The number of hydrogen-bond acceptors (Lipinski definition) is 3. The molecule has 0 aliphatic rings. The SMILES string of the molecule is CCCNC(=O)[C@H](C)[S@@](=O)Cc1ccc(Br)s1. The topological polar surface area (TPSA) is 46.2 Å². The van der Waals surface area contributed by atoms with Gasteiger partial charge in [0, 0.05) is 22.2 Å². The van der Waals surface area contributed by atoms with Gasteiger partial charge in [0.15, 0.2) is 0 Å². The molecule has 0 saturated carbocycles. The van der Waals surface area contributed by atoms with E-state index in [-0.39, 0.29) is 5.91 Å². The largest absolute Gasteiger partial charge is 0.355 e. The molecule has 1 amide bonds. The molecule has 0 aromatic carbocycles. The molecule has 0 saturated heterocycles. The summed E-state index contributed by atoms with van der Waals surface area (Å²) >= 11 is 4.92. The van der Waals surface area contributed by atoms with E-state index in [9.17, 15) is 9.00 Å². The lowest BCUT2D eigenvalue weighted by Gasteiger charge is -2.10. The van der Waals surface area contributed by atoms with Gasteiger partial charge in [-0.3, -0.25) is 9.00 Å². The maximum atomic E-state index is 12.0. The Morgan fingerprint density at radius 2 is 2.29 bits per heavy atom. The van der Waals surface area contributed by atoms with E-state index in [0.717, 1.165) is 15.1 Å². The summed E-state index contributed by atoms with van der Waals surface area (Å²) in [5.74, 6) is 0.317. The molecule has 6 heteroatoms. The monoisotopic (exact) mass is 337 g/mol. The number of thiophene rings is 1. The normalized spacial score (nSPS) is 14.3. The van der Waals surface area contributed by atoms with Crippen LogP contribution >= 0.6 is 27.3 Å². The van der Waals surface area contributed by atoms with Crippen molar-refractivity contribution in [2.45, 2.75) is 31.3 Å². The molecule has 2 atom stereocenters. The van der Waals surface area contributed by atoms with Crippen LogP contribution in [0, 0.1) is 0 Å². The third-order valence-corrected chi connectivity index (χ3v) is 5.63. The first-order valence-electron chi connectivity index (χ1n) is 5.43. The lowest BCUT2D eigenvalue weighted by atomic mass is 10.4. The Kier molecular flexibility index (Phi) is 6.37. The van der Waals surface area contributed by atoms with E-state index in [0.29, 0.717) is 12.3 Å². The van der Waals surface area contributed by atoms with Crippen LogP contribution in [0.5, 0.6) is 0 Å². The molecule has 0 aliphatic heterocycles. The molecule has 1 aromatic rings. The Morgan fingerprint density at radius 1 is 1.59 bits per heavy atom. The second kappa shape index (κ2) is 7.28. The van der Waals surface area contributed by atoms with E-state index in [1.165, 1.54) is 0 Å². The van der Waals surface area contributed by atoms with Gasteiger partial charge in [0.1, 0.15) is 5.25 Å². The van der Waals surface area contributed by atoms with Crippen molar-refractivity contribution in [3.05, 3.63) is 20.8 Å². The fraction of sp³-hybridized carbons (Fsp3) is 0.545. The van der Waals surface area contributed by atoms with Gasteiger partial charge in [-0.25, -0.2) is 0 Å². The summed E-state index contributed by atoms with van der Waals surface area (Å²) in [5, 5.41) is 2.31. The molecule has 0 unspecified atom stereocenters. The molecule has 0 spiro atoms. The van der Waals surface area contributed by atoms with Crippen molar-refractivity contribution in [3.8, 4) is 0 Å². The minimum atomic E-state index is -1.16. The van der Waals surface area contributed by atoms with Crippen LogP contribution in [0.3, 0.4) is 0 Å². The zero-order chi connectivity index (χ0) is 12.8. The van der Waals surface area contributed by atoms with E-state index in [2.05, 4.69) is 21.2 Å². The summed E-state index contributed by atoms with van der Waals surface area (Å²) < 4.78 is 13.0. The van der Waals surface area contributed by atoms with Crippen molar-refractivity contribution in [2.75, 3.05) is 6.54 Å². The number of carbonyl (C=O) groups excluding carboxylic acids is 1. The zero-order valence-corrected chi connectivity index (χ0v) is 13.1. The maximum absolute atomic E-state index is 12.0. The Bertz CT molecular complexity index is 406. The van der Waals surface area contributed by atoms with E-state index in [1.807, 2.05) is 19.1 Å². The third-order valence-electron chi connectivity index (χ3n) is 2.23. The molecular weight excluding hydrogens is 322 g/mol. The standard InChI is InChI=1S/C11H16BrNO2S2/c1-3-6-13-11(14)8(2)17(15)7-9-4-5-10(12)16-9/h4-5,8H,3,6-7H2,1-2H3,(H,13,14)/t8-,17-/m0/s1. The fourth-order valence-corrected chi connectivity index (χ4v) is 4.02. The molecule has 1 rings (SSSR count). The van der Waals surface area contributed by atoms with Crippen LogP contribution in [0.2, 0.25) is 0 Å². The van der Waals surface area contributed by atoms with Crippen molar-refractivity contribution >= 4 is 44.0 Å². The van der Waals surface area contributed by atoms with Crippen molar-refractivity contribution in [3.63, 3.8) is 0 Å². The van der Waals surface area contributed by atoms with Gasteiger partial charge in [-0.15, -0.1) is 11.3 Å². The number of carbonyl (C=O) groups is 1. The van der Waals surface area contributed by atoms with E-state index in [4.69, 9.17) is 0 Å². The highest BCUT2D eigenvalue weighted by Crippen LogP contribution is 2.23. The Hall–Kier alpha value is -0.200. The van der Waals surface area contributed by atoms with Crippen LogP contribution in [0.1, 0.15) is 25.1 Å². The van der Waals surface area contributed by atoms with Crippen molar-refractivity contribution in [1.82, 2.24) is 5.32 Å². The van der Waals surface area contributed by atoms with Crippen LogP contribution < -0.4 is 5.32 Å². The molecule has 17 heavy (non-hydrogen) atoms. The van der Waals surface area contributed by atoms with Crippen LogP contribution in [-0.2, 0) is 21.3 Å². The Morgan fingerprint density at radius 3 is 2.82 bits per heavy atom. The van der Waals surface area contributed by atoms with Gasteiger partial charge in [0.2, 0.25) is 5.91 Å². The minimum Gasteiger partial charge on any atom is -0.355 e. The quantitative estimate of drug-likeness (QED) is 0.867. The summed E-state index contributed by atoms with van der Waals surface area (Å²) in [6.07, 6.45) is 0.892. The van der Waals surface area contributed by atoms with Gasteiger partial charge in [0.25, 0.3) is 0 Å². The van der Waals surface area contributed by atoms with Crippen LogP contribution in [0.15, 0.2) is 15.9 Å². The lowest BCUT2D eigenvalue weighted by Crippen LogP contribution is -2.36. The summed E-state index contributed by atoms with van der Waals surface area (Å²) in [4.78, 5) is 12.7. The smallest absolute Gasteiger partial charge is 0.235 e. The number of nitrogens with one attached hydrogen (secondary N) is 1. The number of halogens is 1. The molecule has 3 nitrogen and oxygen atoms in total. The van der Waals surface area contributed by atoms with Crippen molar-refractivity contribution < 1.29 is 9.00 Å². The van der Waals surface area contributed by atoms with Crippen molar-refractivity contribution in [2.24, 2.45) is 0 Å². The van der Waals surface area contributed by atoms with Gasteiger partial charge in [-0.05, 0) is 41.4 Å². The molecular formula is C11H16BrNO2S2. The second-order valence-electron chi connectivity index (χ2n) is 3.66.